The van der Waals surface area contributed by atoms with Crippen molar-refractivity contribution in [1.82, 2.24) is 9.88 Å². The molecular weight excluding hydrogens is 224 g/mol. The van der Waals surface area contributed by atoms with E-state index in [1.807, 2.05) is 0 Å². The zero-order valence-electron chi connectivity index (χ0n) is 11.7. The SMILES string of the molecule is CCOCCCn1cc2c(c1)C(NC)CCCC2. The van der Waals surface area contributed by atoms with Crippen molar-refractivity contribution < 1.29 is 4.74 Å². The molecule has 3 heteroatoms. The summed E-state index contributed by atoms with van der Waals surface area (Å²) in [4.78, 5) is 0. The summed E-state index contributed by atoms with van der Waals surface area (Å²) in [6.07, 6.45) is 11.0. The molecule has 0 bridgehead atoms. The number of rotatable bonds is 6. The fourth-order valence-corrected chi connectivity index (χ4v) is 2.84. The molecule has 0 radical (unpaired) electrons. The molecular formula is C15H26N2O. The van der Waals surface area contributed by atoms with E-state index < -0.39 is 0 Å². The molecule has 1 aliphatic rings. The molecule has 1 aromatic heterocycles. The average molecular weight is 250 g/mol. The van der Waals surface area contributed by atoms with Crippen molar-refractivity contribution in [1.29, 1.82) is 0 Å². The monoisotopic (exact) mass is 250 g/mol. The van der Waals surface area contributed by atoms with Gasteiger partial charge in [0, 0.05) is 38.2 Å². The molecule has 1 aromatic rings. The highest BCUT2D eigenvalue weighted by Gasteiger charge is 2.18. The second-order valence-electron chi connectivity index (χ2n) is 5.11. The van der Waals surface area contributed by atoms with Crippen LogP contribution in [0.3, 0.4) is 0 Å². The van der Waals surface area contributed by atoms with Crippen LogP contribution in [0.4, 0.5) is 0 Å². The molecule has 0 saturated heterocycles. The summed E-state index contributed by atoms with van der Waals surface area (Å²) in [6, 6.07) is 0.552. The Labute approximate surface area is 111 Å². The summed E-state index contributed by atoms with van der Waals surface area (Å²) in [7, 11) is 2.08. The van der Waals surface area contributed by atoms with Crippen LogP contribution in [0.5, 0.6) is 0 Å². The molecule has 18 heavy (non-hydrogen) atoms. The van der Waals surface area contributed by atoms with Crippen LogP contribution < -0.4 is 5.32 Å². The van der Waals surface area contributed by atoms with Crippen LogP contribution in [-0.4, -0.2) is 24.8 Å². The van der Waals surface area contributed by atoms with Gasteiger partial charge >= 0.3 is 0 Å². The molecule has 3 nitrogen and oxygen atoms in total. The Morgan fingerprint density at radius 2 is 2.28 bits per heavy atom. The third-order valence-electron chi connectivity index (χ3n) is 3.82. The minimum absolute atomic E-state index is 0.552. The van der Waals surface area contributed by atoms with Gasteiger partial charge in [-0.1, -0.05) is 6.42 Å². The van der Waals surface area contributed by atoms with Crippen LogP contribution >= 0.6 is 0 Å². The first-order valence-electron chi connectivity index (χ1n) is 7.28. The van der Waals surface area contributed by atoms with Crippen molar-refractivity contribution in [3.8, 4) is 0 Å². The van der Waals surface area contributed by atoms with E-state index in [2.05, 4.69) is 36.2 Å². The van der Waals surface area contributed by atoms with E-state index in [9.17, 15) is 0 Å². The molecule has 0 amide bonds. The van der Waals surface area contributed by atoms with Gasteiger partial charge in [0.25, 0.3) is 0 Å². The highest BCUT2D eigenvalue weighted by Crippen LogP contribution is 2.29. The minimum Gasteiger partial charge on any atom is -0.382 e. The van der Waals surface area contributed by atoms with Gasteiger partial charge in [0.15, 0.2) is 0 Å². The van der Waals surface area contributed by atoms with Gasteiger partial charge in [-0.05, 0) is 50.8 Å². The van der Waals surface area contributed by atoms with Crippen molar-refractivity contribution in [2.75, 3.05) is 20.3 Å². The molecule has 0 saturated carbocycles. The van der Waals surface area contributed by atoms with Crippen LogP contribution in [-0.2, 0) is 17.7 Å². The Hall–Kier alpha value is -0.800. The van der Waals surface area contributed by atoms with Gasteiger partial charge in [-0.15, -0.1) is 0 Å². The van der Waals surface area contributed by atoms with Crippen LogP contribution in [0.2, 0.25) is 0 Å². The van der Waals surface area contributed by atoms with E-state index in [0.717, 1.165) is 26.2 Å². The lowest BCUT2D eigenvalue weighted by atomic mass is 10.1. The fourth-order valence-electron chi connectivity index (χ4n) is 2.84. The number of nitrogens with zero attached hydrogens (tertiary/aromatic N) is 1. The van der Waals surface area contributed by atoms with Crippen molar-refractivity contribution in [2.45, 2.75) is 51.6 Å². The lowest BCUT2D eigenvalue weighted by molar-refractivity contribution is 0.141. The molecule has 0 aromatic carbocycles. The molecule has 0 aliphatic heterocycles. The number of aromatic nitrogens is 1. The first-order valence-corrected chi connectivity index (χ1v) is 7.28. The van der Waals surface area contributed by atoms with E-state index in [0.29, 0.717) is 6.04 Å². The van der Waals surface area contributed by atoms with Gasteiger partial charge in [-0.3, -0.25) is 0 Å². The molecule has 0 spiro atoms. The average Bonchev–Trinajstić information content (AvgIpc) is 2.69. The van der Waals surface area contributed by atoms with Crippen molar-refractivity contribution in [3.63, 3.8) is 0 Å². The predicted molar refractivity (Wildman–Crippen MR) is 74.9 cm³/mol. The number of ether oxygens (including phenoxy) is 1. The Morgan fingerprint density at radius 1 is 1.39 bits per heavy atom. The zero-order valence-corrected chi connectivity index (χ0v) is 11.7. The number of hydrogen-bond donors (Lipinski definition) is 1. The molecule has 0 fully saturated rings. The van der Waals surface area contributed by atoms with E-state index in [1.54, 1.807) is 5.56 Å². The first kappa shape index (κ1) is 13.6. The summed E-state index contributed by atoms with van der Waals surface area (Å²) in [5, 5.41) is 3.45. The standard InChI is InChI=1S/C15H26N2O/c1-3-18-10-6-9-17-11-13-7-4-5-8-15(16-2)14(13)12-17/h11-12,15-16H,3-10H2,1-2H3. The van der Waals surface area contributed by atoms with Crippen LogP contribution in [0.1, 0.15) is 49.8 Å². The molecule has 1 N–H and O–H groups in total. The van der Waals surface area contributed by atoms with E-state index in [-0.39, 0.29) is 0 Å². The normalized spacial score (nSPS) is 19.6. The zero-order chi connectivity index (χ0) is 12.8. The fraction of sp³-hybridized carbons (Fsp3) is 0.733. The van der Waals surface area contributed by atoms with Gasteiger partial charge in [0.05, 0.1) is 0 Å². The molecule has 102 valence electrons. The topological polar surface area (TPSA) is 26.2 Å². The summed E-state index contributed by atoms with van der Waals surface area (Å²) in [5.74, 6) is 0. The summed E-state index contributed by atoms with van der Waals surface area (Å²) < 4.78 is 7.74. The van der Waals surface area contributed by atoms with Crippen LogP contribution in [0, 0.1) is 0 Å². The maximum Gasteiger partial charge on any atom is 0.0482 e. The summed E-state index contributed by atoms with van der Waals surface area (Å²) in [6.45, 7) is 4.82. The molecule has 1 atom stereocenters. The Balaban J connectivity index is 1.98. The van der Waals surface area contributed by atoms with E-state index in [4.69, 9.17) is 4.74 Å². The third kappa shape index (κ3) is 3.36. The Morgan fingerprint density at radius 3 is 3.06 bits per heavy atom. The summed E-state index contributed by atoms with van der Waals surface area (Å²) in [5.41, 5.74) is 3.06. The molecule has 1 heterocycles. The number of fused-ring (bicyclic) bond motifs is 1. The van der Waals surface area contributed by atoms with E-state index in [1.165, 1.54) is 31.2 Å². The molecule has 2 rings (SSSR count). The second-order valence-corrected chi connectivity index (χ2v) is 5.11. The quantitative estimate of drug-likeness (QED) is 0.620. The maximum absolute atomic E-state index is 5.39. The first-order chi connectivity index (χ1) is 8.85. The maximum atomic E-state index is 5.39. The third-order valence-corrected chi connectivity index (χ3v) is 3.82. The largest absolute Gasteiger partial charge is 0.382 e. The smallest absolute Gasteiger partial charge is 0.0482 e. The highest BCUT2D eigenvalue weighted by molar-refractivity contribution is 5.29. The predicted octanol–water partition coefficient (Wildman–Crippen LogP) is 2.90. The van der Waals surface area contributed by atoms with Crippen LogP contribution in [0.15, 0.2) is 12.4 Å². The Kier molecular flexibility index (Phi) is 5.26. The number of aryl methyl sites for hydroxylation is 2. The minimum atomic E-state index is 0.552. The van der Waals surface area contributed by atoms with Gasteiger partial charge < -0.3 is 14.6 Å². The molecule has 1 unspecified atom stereocenters. The lowest BCUT2D eigenvalue weighted by Crippen LogP contribution is -2.15. The second kappa shape index (κ2) is 6.95. The van der Waals surface area contributed by atoms with Gasteiger partial charge in [-0.2, -0.15) is 0 Å². The molecule has 1 aliphatic carbocycles. The Bertz CT molecular complexity index is 359. The van der Waals surface area contributed by atoms with Gasteiger partial charge in [0.2, 0.25) is 0 Å². The van der Waals surface area contributed by atoms with Crippen LogP contribution in [0.25, 0.3) is 0 Å². The van der Waals surface area contributed by atoms with Crippen molar-refractivity contribution >= 4 is 0 Å². The number of nitrogens with one attached hydrogen (secondary N) is 1. The van der Waals surface area contributed by atoms with E-state index >= 15 is 0 Å². The summed E-state index contributed by atoms with van der Waals surface area (Å²) >= 11 is 0. The lowest BCUT2D eigenvalue weighted by Gasteiger charge is -2.13. The van der Waals surface area contributed by atoms with Gasteiger partial charge in [-0.25, -0.2) is 0 Å². The van der Waals surface area contributed by atoms with Gasteiger partial charge in [0.1, 0.15) is 0 Å². The number of hydrogen-bond acceptors (Lipinski definition) is 2. The highest BCUT2D eigenvalue weighted by atomic mass is 16.5. The van der Waals surface area contributed by atoms with Crippen molar-refractivity contribution in [3.05, 3.63) is 23.5 Å². The van der Waals surface area contributed by atoms with Crippen molar-refractivity contribution in [2.24, 2.45) is 0 Å².